The fraction of sp³-hybridized carbons (Fsp3) is 0.105. The standard InChI is InChI=1S/C19H16N2O4/c1-2-12-8-10-14(11-9-12)21-17(13-6-4-3-5-7-13)15(18(22)23)16(20-21)19(24)25/h3-11H,2H2,1H3,(H,22,23)(H,24,25). The average Bonchev–Trinajstić information content (AvgIpc) is 3.03. The molecule has 126 valence electrons. The van der Waals surface area contributed by atoms with E-state index in [1.165, 1.54) is 4.68 Å². The molecule has 0 atom stereocenters. The molecule has 0 saturated heterocycles. The highest BCUT2D eigenvalue weighted by Gasteiger charge is 2.29. The number of nitrogens with zero attached hydrogens (tertiary/aromatic N) is 2. The zero-order valence-corrected chi connectivity index (χ0v) is 13.5. The van der Waals surface area contributed by atoms with E-state index in [-0.39, 0.29) is 11.3 Å². The van der Waals surface area contributed by atoms with Gasteiger partial charge in [-0.2, -0.15) is 5.10 Å². The second-order valence-corrected chi connectivity index (χ2v) is 5.48. The Kier molecular flexibility index (Phi) is 4.35. The summed E-state index contributed by atoms with van der Waals surface area (Å²) in [6.45, 7) is 2.03. The second-order valence-electron chi connectivity index (χ2n) is 5.48. The Balaban J connectivity index is 2.31. The third-order valence-electron chi connectivity index (χ3n) is 3.94. The molecule has 0 bridgehead atoms. The van der Waals surface area contributed by atoms with Crippen LogP contribution >= 0.6 is 0 Å². The van der Waals surface area contributed by atoms with Gasteiger partial charge in [0.05, 0.1) is 11.4 Å². The van der Waals surface area contributed by atoms with Crippen molar-refractivity contribution in [2.24, 2.45) is 0 Å². The molecule has 0 aliphatic rings. The van der Waals surface area contributed by atoms with Crippen molar-refractivity contribution in [2.45, 2.75) is 13.3 Å². The van der Waals surface area contributed by atoms with Crippen LogP contribution in [0.3, 0.4) is 0 Å². The molecule has 0 spiro atoms. The SMILES string of the molecule is CCc1ccc(-n2nc(C(=O)O)c(C(=O)O)c2-c2ccccc2)cc1. The van der Waals surface area contributed by atoms with Gasteiger partial charge in [-0.15, -0.1) is 0 Å². The van der Waals surface area contributed by atoms with Gasteiger partial charge in [0, 0.05) is 5.56 Å². The lowest BCUT2D eigenvalue weighted by Gasteiger charge is -2.09. The maximum atomic E-state index is 11.7. The molecule has 0 saturated carbocycles. The molecule has 3 rings (SSSR count). The lowest BCUT2D eigenvalue weighted by Crippen LogP contribution is -2.07. The Morgan fingerprint density at radius 2 is 1.60 bits per heavy atom. The fourth-order valence-corrected chi connectivity index (χ4v) is 2.69. The molecule has 6 nitrogen and oxygen atoms in total. The summed E-state index contributed by atoms with van der Waals surface area (Å²) in [5.74, 6) is -2.70. The van der Waals surface area contributed by atoms with Gasteiger partial charge < -0.3 is 10.2 Å². The number of aryl methyl sites for hydroxylation is 1. The van der Waals surface area contributed by atoms with Gasteiger partial charge in [-0.25, -0.2) is 14.3 Å². The van der Waals surface area contributed by atoms with Gasteiger partial charge in [-0.1, -0.05) is 49.4 Å². The quantitative estimate of drug-likeness (QED) is 0.744. The number of carboxylic acid groups (broad SMARTS) is 2. The molecular formula is C19H16N2O4. The Morgan fingerprint density at radius 1 is 0.960 bits per heavy atom. The fourth-order valence-electron chi connectivity index (χ4n) is 2.69. The highest BCUT2D eigenvalue weighted by molar-refractivity contribution is 6.05. The highest BCUT2D eigenvalue weighted by Crippen LogP contribution is 2.29. The predicted octanol–water partition coefficient (Wildman–Crippen LogP) is 3.50. The Bertz CT molecular complexity index is 928. The van der Waals surface area contributed by atoms with E-state index < -0.39 is 17.6 Å². The van der Waals surface area contributed by atoms with Crippen molar-refractivity contribution < 1.29 is 19.8 Å². The van der Waals surface area contributed by atoms with E-state index in [0.717, 1.165) is 12.0 Å². The van der Waals surface area contributed by atoms with Crippen LogP contribution in [0.4, 0.5) is 0 Å². The zero-order valence-electron chi connectivity index (χ0n) is 13.5. The summed E-state index contributed by atoms with van der Waals surface area (Å²) < 4.78 is 1.38. The number of hydrogen-bond donors (Lipinski definition) is 2. The van der Waals surface area contributed by atoms with Gasteiger partial charge in [0.2, 0.25) is 0 Å². The van der Waals surface area contributed by atoms with E-state index >= 15 is 0 Å². The van der Waals surface area contributed by atoms with Crippen molar-refractivity contribution in [2.75, 3.05) is 0 Å². The van der Waals surface area contributed by atoms with Crippen molar-refractivity contribution >= 4 is 11.9 Å². The maximum absolute atomic E-state index is 11.7. The van der Waals surface area contributed by atoms with Crippen LogP contribution in [-0.4, -0.2) is 31.9 Å². The number of aromatic carboxylic acids is 2. The number of carboxylic acids is 2. The second kappa shape index (κ2) is 6.60. The molecule has 0 aliphatic carbocycles. The summed E-state index contributed by atoms with van der Waals surface area (Å²) in [5.41, 5.74) is 1.75. The first-order valence-corrected chi connectivity index (χ1v) is 7.77. The summed E-state index contributed by atoms with van der Waals surface area (Å²) in [5, 5.41) is 23.0. The molecule has 6 heteroatoms. The first-order valence-electron chi connectivity index (χ1n) is 7.77. The normalized spacial score (nSPS) is 10.6. The molecule has 0 radical (unpaired) electrons. The van der Waals surface area contributed by atoms with E-state index in [9.17, 15) is 19.8 Å². The van der Waals surface area contributed by atoms with E-state index in [4.69, 9.17) is 0 Å². The third kappa shape index (κ3) is 3.01. The van der Waals surface area contributed by atoms with E-state index in [2.05, 4.69) is 5.10 Å². The average molecular weight is 336 g/mol. The number of hydrogen-bond acceptors (Lipinski definition) is 3. The monoisotopic (exact) mass is 336 g/mol. The van der Waals surface area contributed by atoms with Crippen LogP contribution in [0.5, 0.6) is 0 Å². The number of benzene rings is 2. The first-order chi connectivity index (χ1) is 12.0. The van der Waals surface area contributed by atoms with E-state index in [1.807, 2.05) is 19.1 Å². The molecule has 0 unspecified atom stereocenters. The van der Waals surface area contributed by atoms with Crippen LogP contribution in [0.1, 0.15) is 33.3 Å². The van der Waals surface area contributed by atoms with Crippen molar-refractivity contribution in [3.8, 4) is 16.9 Å². The molecule has 0 fully saturated rings. The number of rotatable bonds is 5. The van der Waals surface area contributed by atoms with Crippen LogP contribution in [0, 0.1) is 0 Å². The highest BCUT2D eigenvalue weighted by atomic mass is 16.4. The van der Waals surface area contributed by atoms with Crippen LogP contribution in [0.2, 0.25) is 0 Å². The largest absolute Gasteiger partial charge is 0.478 e. The van der Waals surface area contributed by atoms with Crippen molar-refractivity contribution in [1.82, 2.24) is 9.78 Å². The van der Waals surface area contributed by atoms with E-state index in [1.54, 1.807) is 42.5 Å². The smallest absolute Gasteiger partial charge is 0.357 e. The topological polar surface area (TPSA) is 92.4 Å². The lowest BCUT2D eigenvalue weighted by atomic mass is 10.1. The molecule has 3 aromatic rings. The molecule has 2 N–H and O–H groups in total. The molecular weight excluding hydrogens is 320 g/mol. The van der Waals surface area contributed by atoms with Crippen molar-refractivity contribution in [1.29, 1.82) is 0 Å². The van der Waals surface area contributed by atoms with Crippen LogP contribution < -0.4 is 0 Å². The number of carbonyl (C=O) groups is 2. The van der Waals surface area contributed by atoms with Gasteiger partial charge in [0.15, 0.2) is 5.69 Å². The molecule has 1 aromatic heterocycles. The van der Waals surface area contributed by atoms with Gasteiger partial charge in [-0.05, 0) is 24.1 Å². The minimum Gasteiger partial charge on any atom is -0.478 e. The minimum absolute atomic E-state index is 0.245. The number of aromatic nitrogens is 2. The Labute approximate surface area is 144 Å². The summed E-state index contributed by atoms with van der Waals surface area (Å²) in [4.78, 5) is 23.3. The molecule has 0 amide bonds. The van der Waals surface area contributed by atoms with Gasteiger partial charge >= 0.3 is 11.9 Å². The zero-order chi connectivity index (χ0) is 18.0. The molecule has 0 aliphatic heterocycles. The van der Waals surface area contributed by atoms with E-state index in [0.29, 0.717) is 11.3 Å². The molecule has 25 heavy (non-hydrogen) atoms. The van der Waals surface area contributed by atoms with Gasteiger partial charge in [-0.3, -0.25) is 0 Å². The van der Waals surface area contributed by atoms with Gasteiger partial charge in [0.1, 0.15) is 5.56 Å². The van der Waals surface area contributed by atoms with Crippen LogP contribution in [-0.2, 0) is 6.42 Å². The van der Waals surface area contributed by atoms with Crippen molar-refractivity contribution in [3.63, 3.8) is 0 Å². The summed E-state index contributed by atoms with van der Waals surface area (Å²) in [6.07, 6.45) is 0.867. The van der Waals surface area contributed by atoms with Crippen molar-refractivity contribution in [3.05, 3.63) is 71.4 Å². The minimum atomic E-state index is -1.38. The predicted molar refractivity (Wildman–Crippen MR) is 92.3 cm³/mol. The summed E-state index contributed by atoms with van der Waals surface area (Å²) in [6, 6.07) is 16.2. The third-order valence-corrected chi connectivity index (χ3v) is 3.94. The molecule has 2 aromatic carbocycles. The first kappa shape index (κ1) is 16.4. The lowest BCUT2D eigenvalue weighted by molar-refractivity contribution is 0.0648. The Hall–Kier alpha value is -3.41. The maximum Gasteiger partial charge on any atom is 0.357 e. The van der Waals surface area contributed by atoms with Gasteiger partial charge in [0.25, 0.3) is 0 Å². The summed E-state index contributed by atoms with van der Waals surface area (Å²) >= 11 is 0. The van der Waals surface area contributed by atoms with Crippen LogP contribution in [0.25, 0.3) is 16.9 Å². The summed E-state index contributed by atoms with van der Waals surface area (Å²) in [7, 11) is 0. The Morgan fingerprint density at radius 3 is 2.12 bits per heavy atom. The van der Waals surface area contributed by atoms with Crippen LogP contribution in [0.15, 0.2) is 54.6 Å². The molecule has 1 heterocycles.